The van der Waals surface area contributed by atoms with Crippen LogP contribution in [-0.4, -0.2) is 40.2 Å². The van der Waals surface area contributed by atoms with E-state index in [4.69, 9.17) is 9.15 Å². The molecule has 3 rings (SSSR count). The Balaban J connectivity index is 1.71. The van der Waals surface area contributed by atoms with Gasteiger partial charge in [0.2, 0.25) is 0 Å². The molecule has 140 valence electrons. The van der Waals surface area contributed by atoms with E-state index in [0.29, 0.717) is 16.5 Å². The molecule has 0 saturated heterocycles. The Bertz CT molecular complexity index is 1070. The molecule has 0 unspecified atom stereocenters. The fourth-order valence-corrected chi connectivity index (χ4v) is 2.65. The molecule has 0 radical (unpaired) electrons. The molecule has 0 aliphatic rings. The van der Waals surface area contributed by atoms with Crippen molar-refractivity contribution < 1.29 is 18.7 Å². The summed E-state index contributed by atoms with van der Waals surface area (Å²) in [6.45, 7) is 1.65. The second kappa shape index (κ2) is 7.45. The standard InChI is InChI=1S/C19H19N3O5/c1-12-8-9-13(27-12)10-21(2)16(23)11-26-19(25)17-14-6-4-5-7-15(14)18(24)22(3)20-17/h4-9H,10-11H2,1-3H3. The molecule has 0 saturated carbocycles. The summed E-state index contributed by atoms with van der Waals surface area (Å²) in [6.07, 6.45) is 0. The number of furan rings is 1. The van der Waals surface area contributed by atoms with Gasteiger partial charge < -0.3 is 14.1 Å². The lowest BCUT2D eigenvalue weighted by atomic mass is 10.1. The lowest BCUT2D eigenvalue weighted by molar-refractivity contribution is -0.134. The average Bonchev–Trinajstić information content (AvgIpc) is 3.07. The molecule has 1 amide bonds. The summed E-state index contributed by atoms with van der Waals surface area (Å²) in [6, 6.07) is 10.2. The number of hydrogen-bond acceptors (Lipinski definition) is 6. The van der Waals surface area contributed by atoms with Crippen LogP contribution in [0.3, 0.4) is 0 Å². The highest BCUT2D eigenvalue weighted by molar-refractivity contribution is 6.02. The molecule has 8 heteroatoms. The first kappa shape index (κ1) is 18.4. The maximum atomic E-state index is 12.4. The van der Waals surface area contributed by atoms with Gasteiger partial charge in [0.25, 0.3) is 11.5 Å². The van der Waals surface area contributed by atoms with Crippen molar-refractivity contribution in [3.05, 3.63) is 64.0 Å². The molecule has 2 aromatic heterocycles. The molecule has 0 fully saturated rings. The Labute approximate surface area is 154 Å². The first-order chi connectivity index (χ1) is 12.9. The maximum absolute atomic E-state index is 12.4. The monoisotopic (exact) mass is 369 g/mol. The van der Waals surface area contributed by atoms with Crippen molar-refractivity contribution in [1.29, 1.82) is 0 Å². The van der Waals surface area contributed by atoms with E-state index in [1.54, 1.807) is 37.4 Å². The number of benzene rings is 1. The van der Waals surface area contributed by atoms with Crippen molar-refractivity contribution in [3.8, 4) is 0 Å². The van der Waals surface area contributed by atoms with Crippen LogP contribution in [-0.2, 0) is 23.1 Å². The van der Waals surface area contributed by atoms with Gasteiger partial charge in [-0.05, 0) is 25.1 Å². The molecule has 3 aromatic rings. The number of aromatic nitrogens is 2. The van der Waals surface area contributed by atoms with E-state index >= 15 is 0 Å². The zero-order chi connectivity index (χ0) is 19.6. The van der Waals surface area contributed by atoms with Gasteiger partial charge in [0.1, 0.15) is 11.5 Å². The van der Waals surface area contributed by atoms with E-state index in [0.717, 1.165) is 10.4 Å². The van der Waals surface area contributed by atoms with Crippen molar-refractivity contribution in [2.75, 3.05) is 13.7 Å². The van der Waals surface area contributed by atoms with Crippen LogP contribution < -0.4 is 5.56 Å². The third-order valence-electron chi connectivity index (χ3n) is 4.09. The second-order valence-electron chi connectivity index (χ2n) is 6.16. The van der Waals surface area contributed by atoms with E-state index in [2.05, 4.69) is 5.10 Å². The summed E-state index contributed by atoms with van der Waals surface area (Å²) >= 11 is 0. The van der Waals surface area contributed by atoms with Gasteiger partial charge in [0.05, 0.1) is 11.9 Å². The molecule has 8 nitrogen and oxygen atoms in total. The second-order valence-corrected chi connectivity index (χ2v) is 6.16. The quantitative estimate of drug-likeness (QED) is 0.635. The predicted octanol–water partition coefficient (Wildman–Crippen LogP) is 1.65. The van der Waals surface area contributed by atoms with Gasteiger partial charge in [-0.2, -0.15) is 5.10 Å². The Morgan fingerprint density at radius 2 is 1.89 bits per heavy atom. The topological polar surface area (TPSA) is 94.6 Å². The number of nitrogens with zero attached hydrogens (tertiary/aromatic N) is 3. The zero-order valence-corrected chi connectivity index (χ0v) is 15.3. The van der Waals surface area contributed by atoms with E-state index in [9.17, 15) is 14.4 Å². The Hall–Kier alpha value is -3.42. The number of aryl methyl sites for hydroxylation is 2. The minimum atomic E-state index is -0.766. The third kappa shape index (κ3) is 3.89. The van der Waals surface area contributed by atoms with Gasteiger partial charge >= 0.3 is 5.97 Å². The molecular weight excluding hydrogens is 350 g/mol. The number of hydrogen-bond donors (Lipinski definition) is 0. The van der Waals surface area contributed by atoms with Crippen LogP contribution in [0.25, 0.3) is 10.8 Å². The minimum absolute atomic E-state index is 0.00943. The van der Waals surface area contributed by atoms with Crippen LogP contribution in [0.5, 0.6) is 0 Å². The summed E-state index contributed by atoms with van der Waals surface area (Å²) in [5.74, 6) is 0.245. The number of amides is 1. The number of esters is 1. The Morgan fingerprint density at radius 3 is 2.56 bits per heavy atom. The number of rotatable bonds is 5. The van der Waals surface area contributed by atoms with E-state index in [1.165, 1.54) is 11.9 Å². The molecular formula is C19H19N3O5. The molecule has 0 bridgehead atoms. The SMILES string of the molecule is Cc1ccc(CN(C)C(=O)COC(=O)c2nn(C)c(=O)c3ccccc23)o1. The zero-order valence-electron chi connectivity index (χ0n) is 15.3. The van der Waals surface area contributed by atoms with Crippen molar-refractivity contribution in [2.24, 2.45) is 7.05 Å². The highest BCUT2D eigenvalue weighted by atomic mass is 16.5. The number of carbonyl (C=O) groups excluding carboxylic acids is 2. The predicted molar refractivity (Wildman–Crippen MR) is 97.2 cm³/mol. The third-order valence-corrected chi connectivity index (χ3v) is 4.09. The fraction of sp³-hybridized carbons (Fsp3) is 0.263. The molecule has 0 atom stereocenters. The van der Waals surface area contributed by atoms with Gasteiger partial charge in [-0.1, -0.05) is 18.2 Å². The van der Waals surface area contributed by atoms with Crippen LogP contribution >= 0.6 is 0 Å². The van der Waals surface area contributed by atoms with E-state index < -0.39 is 12.6 Å². The Morgan fingerprint density at radius 1 is 1.19 bits per heavy atom. The van der Waals surface area contributed by atoms with Crippen LogP contribution in [0, 0.1) is 6.92 Å². The van der Waals surface area contributed by atoms with Gasteiger partial charge in [-0.3, -0.25) is 9.59 Å². The number of carbonyl (C=O) groups is 2. The largest absolute Gasteiger partial charge is 0.464 e. The lowest BCUT2D eigenvalue weighted by Crippen LogP contribution is -2.31. The van der Waals surface area contributed by atoms with E-state index in [1.807, 2.05) is 13.0 Å². The molecule has 0 aliphatic carbocycles. The highest BCUT2D eigenvalue weighted by Crippen LogP contribution is 2.14. The molecule has 2 heterocycles. The Kier molecular flexibility index (Phi) is 5.07. The van der Waals surface area contributed by atoms with Crippen molar-refractivity contribution >= 4 is 22.6 Å². The normalized spacial score (nSPS) is 10.8. The first-order valence-corrected chi connectivity index (χ1v) is 8.29. The molecule has 1 aromatic carbocycles. The van der Waals surface area contributed by atoms with Crippen LogP contribution in [0.2, 0.25) is 0 Å². The van der Waals surface area contributed by atoms with Crippen molar-refractivity contribution in [1.82, 2.24) is 14.7 Å². The fourth-order valence-electron chi connectivity index (χ4n) is 2.65. The summed E-state index contributed by atoms with van der Waals surface area (Å²) in [4.78, 5) is 38.1. The molecule has 0 N–H and O–H groups in total. The molecule has 0 spiro atoms. The highest BCUT2D eigenvalue weighted by Gasteiger charge is 2.19. The first-order valence-electron chi connectivity index (χ1n) is 8.29. The lowest BCUT2D eigenvalue weighted by Gasteiger charge is -2.15. The summed E-state index contributed by atoms with van der Waals surface area (Å²) in [5.41, 5.74) is -0.323. The average molecular weight is 369 g/mol. The summed E-state index contributed by atoms with van der Waals surface area (Å²) in [7, 11) is 3.05. The van der Waals surface area contributed by atoms with Crippen LogP contribution in [0.4, 0.5) is 0 Å². The van der Waals surface area contributed by atoms with Crippen LogP contribution in [0.1, 0.15) is 22.0 Å². The smallest absolute Gasteiger partial charge is 0.359 e. The number of fused-ring (bicyclic) bond motifs is 1. The number of likely N-dealkylation sites (N-methyl/N-ethyl adjacent to an activating group) is 1. The van der Waals surface area contributed by atoms with Gasteiger partial charge in [-0.15, -0.1) is 0 Å². The number of ether oxygens (including phenoxy) is 1. The maximum Gasteiger partial charge on any atom is 0.359 e. The van der Waals surface area contributed by atoms with Gasteiger partial charge in [0, 0.05) is 19.5 Å². The van der Waals surface area contributed by atoms with Gasteiger partial charge in [-0.25, -0.2) is 9.48 Å². The molecule has 27 heavy (non-hydrogen) atoms. The van der Waals surface area contributed by atoms with Crippen molar-refractivity contribution in [3.63, 3.8) is 0 Å². The summed E-state index contributed by atoms with van der Waals surface area (Å²) < 4.78 is 11.6. The summed E-state index contributed by atoms with van der Waals surface area (Å²) in [5, 5.41) is 4.73. The minimum Gasteiger partial charge on any atom is -0.464 e. The van der Waals surface area contributed by atoms with Crippen LogP contribution in [0.15, 0.2) is 45.6 Å². The van der Waals surface area contributed by atoms with Crippen molar-refractivity contribution in [2.45, 2.75) is 13.5 Å². The van der Waals surface area contributed by atoms with Gasteiger partial charge in [0.15, 0.2) is 12.3 Å². The molecule has 0 aliphatic heterocycles. The van der Waals surface area contributed by atoms with E-state index in [-0.39, 0.29) is 23.7 Å².